The molecule has 0 saturated carbocycles. The van der Waals surface area contributed by atoms with Gasteiger partial charge in [-0.05, 0) is 64.2 Å². The van der Waals surface area contributed by atoms with E-state index in [-0.39, 0.29) is 32.6 Å². The van der Waals surface area contributed by atoms with E-state index in [9.17, 15) is 24.2 Å². The monoisotopic (exact) mass is 812 g/mol. The van der Waals surface area contributed by atoms with Crippen LogP contribution in [0.15, 0.2) is 48.6 Å². The minimum atomic E-state index is -4.40. The van der Waals surface area contributed by atoms with Crippen LogP contribution in [0.1, 0.15) is 187 Å². The molecular formula is C45H82NO9P. The average molecular weight is 812 g/mol. The van der Waals surface area contributed by atoms with E-state index < -0.39 is 38.6 Å². The fraction of sp³-hybridized carbons (Fsp3) is 0.778. The standard InChI is InChI=1S/C45H82NO9P/c1-3-5-7-8-9-10-11-12-13-14-15-16-17-18-19-22-25-28-32-36-44(48)52-40-43(41-54-56(50,51)53-39-38-46)55-45(49)37-33-29-26-23-20-21-24-27-31-35-42(47)34-30-6-4-2/h6,12-13,24,27,30-31,35,42-43,47H,3-5,7-11,14-23,25-26,28-29,32-34,36-41,46H2,1-2H3,(H,50,51)/b13-12-,27-24+,30-6+,35-31+/t42?,43-/m1/s1. The number of esters is 2. The number of rotatable bonds is 41. The maximum atomic E-state index is 12.6. The van der Waals surface area contributed by atoms with Gasteiger partial charge in [0.15, 0.2) is 6.10 Å². The van der Waals surface area contributed by atoms with E-state index in [0.29, 0.717) is 12.8 Å². The molecule has 0 radical (unpaired) electrons. The summed E-state index contributed by atoms with van der Waals surface area (Å²) in [7, 11) is -4.40. The highest BCUT2D eigenvalue weighted by Crippen LogP contribution is 2.43. The third-order valence-corrected chi connectivity index (χ3v) is 10.3. The van der Waals surface area contributed by atoms with E-state index in [1.54, 1.807) is 6.08 Å². The number of ether oxygens (including phenoxy) is 2. The summed E-state index contributed by atoms with van der Waals surface area (Å²) in [5.41, 5.74) is 5.34. The lowest BCUT2D eigenvalue weighted by Crippen LogP contribution is -2.29. The fourth-order valence-electron chi connectivity index (χ4n) is 5.96. The molecule has 11 heteroatoms. The first-order chi connectivity index (χ1) is 27.2. The van der Waals surface area contributed by atoms with Crippen LogP contribution in [0.2, 0.25) is 0 Å². The van der Waals surface area contributed by atoms with Crippen LogP contribution in [-0.4, -0.2) is 60.5 Å². The lowest BCUT2D eigenvalue weighted by molar-refractivity contribution is -0.161. The zero-order valence-electron chi connectivity index (χ0n) is 35.5. The summed E-state index contributed by atoms with van der Waals surface area (Å²) in [6.07, 6.45) is 43.3. The van der Waals surface area contributed by atoms with Gasteiger partial charge < -0.3 is 25.2 Å². The maximum Gasteiger partial charge on any atom is 0.472 e. The molecule has 0 aromatic carbocycles. The van der Waals surface area contributed by atoms with Gasteiger partial charge in [0.1, 0.15) is 6.61 Å². The molecule has 0 fully saturated rings. The summed E-state index contributed by atoms with van der Waals surface area (Å²) >= 11 is 0. The summed E-state index contributed by atoms with van der Waals surface area (Å²) < 4.78 is 32.7. The first-order valence-corrected chi connectivity index (χ1v) is 23.7. The Labute approximate surface area is 341 Å². The zero-order chi connectivity index (χ0) is 41.2. The van der Waals surface area contributed by atoms with Crippen LogP contribution in [-0.2, 0) is 32.7 Å². The Morgan fingerprint density at radius 2 is 1.14 bits per heavy atom. The van der Waals surface area contributed by atoms with E-state index in [4.69, 9.17) is 24.3 Å². The predicted molar refractivity (Wildman–Crippen MR) is 230 cm³/mol. The van der Waals surface area contributed by atoms with Crippen molar-refractivity contribution in [2.45, 2.75) is 199 Å². The van der Waals surface area contributed by atoms with Gasteiger partial charge in [0.25, 0.3) is 0 Å². The third kappa shape index (κ3) is 40.1. The van der Waals surface area contributed by atoms with Gasteiger partial charge in [0, 0.05) is 19.4 Å². The second kappa shape index (κ2) is 41.1. The normalized spacial score (nSPS) is 14.3. The first-order valence-electron chi connectivity index (χ1n) is 22.2. The molecule has 0 bridgehead atoms. The molecule has 3 atom stereocenters. The number of allylic oxidation sites excluding steroid dienone is 6. The highest BCUT2D eigenvalue weighted by atomic mass is 31.2. The van der Waals surface area contributed by atoms with Crippen molar-refractivity contribution in [3.8, 4) is 0 Å². The van der Waals surface area contributed by atoms with Gasteiger partial charge in [0.05, 0.1) is 19.3 Å². The number of unbranched alkanes of at least 4 members (excludes halogenated alkanes) is 20. The van der Waals surface area contributed by atoms with E-state index >= 15 is 0 Å². The van der Waals surface area contributed by atoms with Crippen LogP contribution in [0.4, 0.5) is 0 Å². The molecule has 2 unspecified atom stereocenters. The first kappa shape index (κ1) is 53.9. The molecule has 0 saturated heterocycles. The smallest absolute Gasteiger partial charge is 0.462 e. The molecule has 56 heavy (non-hydrogen) atoms. The Hall–Kier alpha value is -2.07. The van der Waals surface area contributed by atoms with Crippen molar-refractivity contribution in [2.24, 2.45) is 5.73 Å². The second-order valence-corrected chi connectivity index (χ2v) is 16.2. The quantitative estimate of drug-likeness (QED) is 0.0179. The molecule has 4 N–H and O–H groups in total. The molecule has 0 heterocycles. The lowest BCUT2D eigenvalue weighted by atomic mass is 10.1. The minimum absolute atomic E-state index is 0.0396. The molecule has 0 spiro atoms. The Morgan fingerprint density at radius 3 is 1.70 bits per heavy atom. The van der Waals surface area contributed by atoms with E-state index in [1.165, 1.54) is 83.5 Å². The van der Waals surface area contributed by atoms with Gasteiger partial charge in [-0.25, -0.2) is 4.57 Å². The number of phosphoric ester groups is 1. The average Bonchev–Trinajstić information content (AvgIpc) is 3.18. The highest BCUT2D eigenvalue weighted by Gasteiger charge is 2.26. The summed E-state index contributed by atoms with van der Waals surface area (Å²) in [5, 5.41) is 9.87. The molecule has 10 nitrogen and oxygen atoms in total. The summed E-state index contributed by atoms with van der Waals surface area (Å²) in [4.78, 5) is 34.9. The highest BCUT2D eigenvalue weighted by molar-refractivity contribution is 7.47. The molecule has 0 aliphatic carbocycles. The Bertz CT molecular complexity index is 1080. The van der Waals surface area contributed by atoms with E-state index in [2.05, 4.69) is 32.1 Å². The molecular weight excluding hydrogens is 729 g/mol. The van der Waals surface area contributed by atoms with E-state index in [1.807, 2.05) is 24.3 Å². The molecule has 0 aliphatic rings. The Morgan fingerprint density at radius 1 is 0.625 bits per heavy atom. The summed E-state index contributed by atoms with van der Waals surface area (Å²) in [6, 6.07) is 0. The van der Waals surface area contributed by atoms with Gasteiger partial charge in [-0.1, -0.05) is 159 Å². The van der Waals surface area contributed by atoms with Crippen LogP contribution >= 0.6 is 7.82 Å². The van der Waals surface area contributed by atoms with Crippen molar-refractivity contribution in [2.75, 3.05) is 26.4 Å². The van der Waals surface area contributed by atoms with Crippen LogP contribution in [0.3, 0.4) is 0 Å². The van der Waals surface area contributed by atoms with Crippen molar-refractivity contribution in [3.05, 3.63) is 48.6 Å². The summed E-state index contributed by atoms with van der Waals surface area (Å²) in [5.74, 6) is -0.884. The SMILES string of the molecule is CC/C=C/CC(O)/C=C/C=C/CCCCCCCC(=O)O[C@H](COC(=O)CCCCCCCCCCC/C=C\CCCCCCCC)COP(=O)(O)OCCN. The van der Waals surface area contributed by atoms with Crippen LogP contribution in [0, 0.1) is 0 Å². The molecule has 0 rings (SSSR count). The maximum absolute atomic E-state index is 12.6. The lowest BCUT2D eigenvalue weighted by Gasteiger charge is -2.19. The Balaban J connectivity index is 4.18. The number of hydrogen-bond acceptors (Lipinski definition) is 9. The van der Waals surface area contributed by atoms with Crippen LogP contribution in [0.25, 0.3) is 0 Å². The molecule has 0 aliphatic heterocycles. The van der Waals surface area contributed by atoms with Gasteiger partial charge >= 0.3 is 19.8 Å². The van der Waals surface area contributed by atoms with Gasteiger partial charge in [-0.15, -0.1) is 0 Å². The summed E-state index contributed by atoms with van der Waals surface area (Å²) in [6.45, 7) is 3.47. The number of aliphatic hydroxyl groups excluding tert-OH is 1. The van der Waals surface area contributed by atoms with Gasteiger partial charge in [0.2, 0.25) is 0 Å². The fourth-order valence-corrected chi connectivity index (χ4v) is 6.72. The zero-order valence-corrected chi connectivity index (χ0v) is 36.4. The number of carbonyl (C=O) groups excluding carboxylic acids is 2. The van der Waals surface area contributed by atoms with Crippen molar-refractivity contribution in [1.82, 2.24) is 0 Å². The second-order valence-electron chi connectivity index (χ2n) is 14.7. The topological polar surface area (TPSA) is 155 Å². The minimum Gasteiger partial charge on any atom is -0.462 e. The van der Waals surface area contributed by atoms with Crippen molar-refractivity contribution >= 4 is 19.8 Å². The largest absolute Gasteiger partial charge is 0.472 e. The van der Waals surface area contributed by atoms with Crippen molar-refractivity contribution in [3.63, 3.8) is 0 Å². The Kier molecular flexibility index (Phi) is 39.6. The molecule has 0 amide bonds. The number of carbonyl (C=O) groups is 2. The van der Waals surface area contributed by atoms with Crippen molar-refractivity contribution in [1.29, 1.82) is 0 Å². The molecule has 0 aromatic rings. The van der Waals surface area contributed by atoms with Crippen molar-refractivity contribution < 1.29 is 42.7 Å². The van der Waals surface area contributed by atoms with Gasteiger partial charge in [-0.2, -0.15) is 0 Å². The predicted octanol–water partition coefficient (Wildman–Crippen LogP) is 11.7. The molecule has 326 valence electrons. The number of aliphatic hydroxyl groups is 1. The third-order valence-electron chi connectivity index (χ3n) is 9.28. The van der Waals surface area contributed by atoms with Crippen LogP contribution < -0.4 is 5.73 Å². The number of hydrogen-bond donors (Lipinski definition) is 3. The number of phosphoric acid groups is 1. The van der Waals surface area contributed by atoms with Crippen LogP contribution in [0.5, 0.6) is 0 Å². The van der Waals surface area contributed by atoms with Gasteiger partial charge in [-0.3, -0.25) is 18.6 Å². The molecule has 0 aromatic heterocycles. The number of nitrogens with two attached hydrogens (primary N) is 1. The van der Waals surface area contributed by atoms with E-state index in [0.717, 1.165) is 64.2 Å².